The minimum Gasteiger partial charge on any atom is -0.354 e. The molecule has 3 N–H and O–H groups in total. The van der Waals surface area contributed by atoms with Crippen molar-refractivity contribution in [2.24, 2.45) is 5.92 Å². The highest BCUT2D eigenvalue weighted by Gasteiger charge is 2.30. The van der Waals surface area contributed by atoms with Gasteiger partial charge in [0.1, 0.15) is 18.4 Å². The molecule has 0 spiro atoms. The lowest BCUT2D eigenvalue weighted by atomic mass is 10.0. The van der Waals surface area contributed by atoms with Crippen LogP contribution >= 0.6 is 0 Å². The van der Waals surface area contributed by atoms with Gasteiger partial charge in [-0.05, 0) is 43.4 Å². The minimum absolute atomic E-state index is 0.0621. The van der Waals surface area contributed by atoms with E-state index >= 15 is 0 Å². The number of fused-ring (bicyclic) bond motifs is 2. The Morgan fingerprint density at radius 3 is 2.59 bits per heavy atom. The largest absolute Gasteiger partial charge is 0.354 e. The molecule has 1 aliphatic heterocycles. The fraction of sp³-hybridized carbons (Fsp3) is 0.438. The van der Waals surface area contributed by atoms with E-state index in [0.29, 0.717) is 48.6 Å². The molecule has 4 heterocycles. The second kappa shape index (κ2) is 14.8. The first-order valence-corrected chi connectivity index (χ1v) is 15.5. The average molecular weight is 630 g/mol. The van der Waals surface area contributed by atoms with E-state index in [9.17, 15) is 19.2 Å². The molecule has 5 rings (SSSR count). The molecule has 0 unspecified atom stereocenters. The zero-order valence-electron chi connectivity index (χ0n) is 26.2. The Morgan fingerprint density at radius 1 is 1.02 bits per heavy atom. The summed E-state index contributed by atoms with van der Waals surface area (Å²) in [5.74, 6) is -0.469. The number of pyridine rings is 1. The van der Waals surface area contributed by atoms with Crippen molar-refractivity contribution in [2.75, 3.05) is 19.6 Å². The van der Waals surface area contributed by atoms with Crippen molar-refractivity contribution in [2.45, 2.75) is 65.1 Å². The van der Waals surface area contributed by atoms with Crippen LogP contribution in [0, 0.1) is 12.8 Å². The van der Waals surface area contributed by atoms with Gasteiger partial charge in [0.25, 0.3) is 5.91 Å². The number of benzene rings is 1. The number of hydrogen-bond acceptors (Lipinski definition) is 9. The summed E-state index contributed by atoms with van der Waals surface area (Å²) in [6, 6.07) is 11.4. The number of nitrogens with zero attached hydrogens (tertiary/aromatic N) is 6. The lowest BCUT2D eigenvalue weighted by molar-refractivity contribution is -0.129. The van der Waals surface area contributed by atoms with Crippen LogP contribution in [-0.2, 0) is 27.3 Å². The average Bonchev–Trinajstić information content (AvgIpc) is 3.63. The predicted molar refractivity (Wildman–Crippen MR) is 167 cm³/mol. The molecular weight excluding hydrogens is 590 g/mol. The van der Waals surface area contributed by atoms with Crippen LogP contribution < -0.4 is 16.0 Å². The first-order chi connectivity index (χ1) is 22.2. The molecule has 0 aliphatic carbocycles. The zero-order chi connectivity index (χ0) is 32.6. The first kappa shape index (κ1) is 32.3. The van der Waals surface area contributed by atoms with Gasteiger partial charge in [0.2, 0.25) is 29.1 Å². The van der Waals surface area contributed by atoms with Gasteiger partial charge in [-0.2, -0.15) is 5.10 Å². The standard InChI is InChI=1S/C32H39N9O5/c1-20(2)27-30-35-21(3)38-41(30)19-26(43)33-15-9-17-40(32(45)28-23-12-7-14-34-29(23)39-46-28)16-8-13-25(42)36-24(31(44)37-27)18-22-10-5-4-6-11-22/h4-7,10-12,14,20,24,27H,8-9,13,15-19H2,1-3H3,(H,33,43)(H,36,42)(H,37,44)/t24-,27+/m1/s1. The molecule has 46 heavy (non-hydrogen) atoms. The molecule has 14 heteroatoms. The van der Waals surface area contributed by atoms with E-state index in [1.54, 1.807) is 30.2 Å². The summed E-state index contributed by atoms with van der Waals surface area (Å²) in [5.41, 5.74) is 1.21. The molecule has 0 saturated carbocycles. The number of nitrogens with one attached hydrogen (secondary N) is 3. The van der Waals surface area contributed by atoms with Crippen LogP contribution in [0.5, 0.6) is 0 Å². The first-order valence-electron chi connectivity index (χ1n) is 15.5. The van der Waals surface area contributed by atoms with Crippen LogP contribution in [0.4, 0.5) is 0 Å². The van der Waals surface area contributed by atoms with E-state index in [-0.39, 0.29) is 61.2 Å². The van der Waals surface area contributed by atoms with Crippen molar-refractivity contribution in [1.82, 2.24) is 45.8 Å². The smallest absolute Gasteiger partial charge is 0.293 e. The van der Waals surface area contributed by atoms with Gasteiger partial charge in [-0.25, -0.2) is 14.6 Å². The summed E-state index contributed by atoms with van der Waals surface area (Å²) >= 11 is 0. The minimum atomic E-state index is -0.874. The molecule has 3 aromatic heterocycles. The number of carbonyl (C=O) groups is 4. The molecule has 14 nitrogen and oxygen atoms in total. The van der Waals surface area contributed by atoms with E-state index in [1.807, 2.05) is 44.2 Å². The van der Waals surface area contributed by atoms with Crippen LogP contribution in [0.25, 0.3) is 11.0 Å². The van der Waals surface area contributed by atoms with E-state index in [0.717, 1.165) is 5.56 Å². The van der Waals surface area contributed by atoms with Crippen molar-refractivity contribution < 1.29 is 23.7 Å². The van der Waals surface area contributed by atoms with Crippen molar-refractivity contribution in [3.63, 3.8) is 0 Å². The highest BCUT2D eigenvalue weighted by Crippen LogP contribution is 2.22. The van der Waals surface area contributed by atoms with Crippen molar-refractivity contribution >= 4 is 34.7 Å². The molecule has 0 bridgehead atoms. The highest BCUT2D eigenvalue weighted by atomic mass is 16.5. The van der Waals surface area contributed by atoms with Gasteiger partial charge in [0, 0.05) is 38.7 Å². The monoisotopic (exact) mass is 629 g/mol. The third kappa shape index (κ3) is 7.92. The van der Waals surface area contributed by atoms with Crippen LogP contribution in [0.3, 0.4) is 0 Å². The summed E-state index contributed by atoms with van der Waals surface area (Å²) in [4.78, 5) is 63.9. The third-order valence-electron chi connectivity index (χ3n) is 7.77. The second-order valence-electron chi connectivity index (χ2n) is 11.7. The highest BCUT2D eigenvalue weighted by molar-refractivity contribution is 6.02. The van der Waals surface area contributed by atoms with Gasteiger partial charge in [0.15, 0.2) is 5.82 Å². The maximum atomic E-state index is 13.8. The zero-order valence-corrected chi connectivity index (χ0v) is 26.2. The SMILES string of the molecule is Cc1nc2n(n1)CC(=O)NCCCN(C(=O)c1onc3ncccc13)CCCC(=O)N[C@H](Cc1ccccc1)C(=O)N[C@H]2C(C)C. The van der Waals surface area contributed by atoms with Gasteiger partial charge in [-0.1, -0.05) is 49.3 Å². The fourth-order valence-electron chi connectivity index (χ4n) is 5.44. The molecule has 242 valence electrons. The Labute approximate surface area is 266 Å². The topological polar surface area (TPSA) is 177 Å². The number of carbonyl (C=O) groups excluding carboxylic acids is 4. The van der Waals surface area contributed by atoms with Crippen LogP contribution in [-0.4, -0.2) is 79.1 Å². The lowest BCUT2D eigenvalue weighted by Gasteiger charge is -2.26. The Morgan fingerprint density at radius 2 is 1.80 bits per heavy atom. The molecule has 0 saturated heterocycles. The molecule has 0 radical (unpaired) electrons. The molecule has 1 aliphatic rings. The van der Waals surface area contributed by atoms with Gasteiger partial charge < -0.3 is 25.4 Å². The second-order valence-corrected chi connectivity index (χ2v) is 11.7. The Balaban J connectivity index is 1.41. The van der Waals surface area contributed by atoms with Gasteiger partial charge in [-0.15, -0.1) is 0 Å². The summed E-state index contributed by atoms with van der Waals surface area (Å²) in [7, 11) is 0. The van der Waals surface area contributed by atoms with Gasteiger partial charge >= 0.3 is 0 Å². The van der Waals surface area contributed by atoms with Crippen molar-refractivity contribution in [3.8, 4) is 0 Å². The number of aryl methyl sites for hydroxylation is 1. The lowest BCUT2D eigenvalue weighted by Crippen LogP contribution is -2.50. The van der Waals surface area contributed by atoms with E-state index in [2.05, 4.69) is 36.2 Å². The fourth-order valence-corrected chi connectivity index (χ4v) is 5.44. The molecule has 0 fully saturated rings. The number of rotatable bonds is 4. The van der Waals surface area contributed by atoms with Gasteiger partial charge in [-0.3, -0.25) is 19.2 Å². The Kier molecular flexibility index (Phi) is 10.4. The molecule has 1 aromatic carbocycles. The third-order valence-corrected chi connectivity index (χ3v) is 7.77. The van der Waals surface area contributed by atoms with E-state index < -0.39 is 12.1 Å². The Hall–Kier alpha value is -5.14. The summed E-state index contributed by atoms with van der Waals surface area (Å²) < 4.78 is 6.87. The number of aromatic nitrogens is 5. The normalized spacial score (nSPS) is 19.1. The van der Waals surface area contributed by atoms with Crippen LogP contribution in [0.2, 0.25) is 0 Å². The maximum Gasteiger partial charge on any atom is 0.293 e. The maximum absolute atomic E-state index is 13.8. The Bertz CT molecular complexity index is 1680. The molecule has 4 aromatic rings. The van der Waals surface area contributed by atoms with Crippen LogP contribution in [0.15, 0.2) is 53.2 Å². The summed E-state index contributed by atoms with van der Waals surface area (Å²) in [5, 5.41) is 17.7. The molecule has 4 amide bonds. The predicted octanol–water partition coefficient (Wildman–Crippen LogP) is 2.11. The summed E-state index contributed by atoms with van der Waals surface area (Å²) in [6.45, 7) is 6.36. The molecular formula is C32H39N9O5. The van der Waals surface area contributed by atoms with Crippen molar-refractivity contribution in [1.29, 1.82) is 0 Å². The summed E-state index contributed by atoms with van der Waals surface area (Å²) in [6.07, 6.45) is 2.72. The molecule has 2 atom stereocenters. The van der Waals surface area contributed by atoms with Gasteiger partial charge in [0.05, 0.1) is 11.4 Å². The number of amides is 4. The van der Waals surface area contributed by atoms with E-state index in [4.69, 9.17) is 4.52 Å². The van der Waals surface area contributed by atoms with E-state index in [1.165, 1.54) is 4.68 Å². The number of hydrogen-bond donors (Lipinski definition) is 3. The quantitative estimate of drug-likeness (QED) is 0.305. The van der Waals surface area contributed by atoms with Crippen molar-refractivity contribution in [3.05, 3.63) is 71.6 Å². The van der Waals surface area contributed by atoms with Crippen LogP contribution in [0.1, 0.15) is 66.9 Å².